The van der Waals surface area contributed by atoms with E-state index in [-0.39, 0.29) is 0 Å². The average molecular weight is 173 g/mol. The molecule has 3 nitrogen and oxygen atoms in total. The number of benzene rings is 1. The van der Waals surface area contributed by atoms with Gasteiger partial charge in [0.05, 0.1) is 11.6 Å². The van der Waals surface area contributed by atoms with Gasteiger partial charge in [0.2, 0.25) is 5.78 Å². The third kappa shape index (κ3) is 2.00. The highest BCUT2D eigenvalue weighted by Crippen LogP contribution is 2.04. The van der Waals surface area contributed by atoms with Crippen molar-refractivity contribution >= 4 is 11.6 Å². The maximum Gasteiger partial charge on any atom is 0.228 e. The first-order valence-corrected chi connectivity index (χ1v) is 3.70. The normalized spacial score (nSPS) is 8.92. The molecule has 0 atom stereocenters. The Balaban J connectivity index is 3.01. The lowest BCUT2D eigenvalue weighted by molar-refractivity contribution is -0.113. The number of hydrogen-bond acceptors (Lipinski definition) is 3. The molecule has 0 amide bonds. The third-order valence-corrected chi connectivity index (χ3v) is 1.60. The highest BCUT2D eigenvalue weighted by Gasteiger charge is 2.09. The summed E-state index contributed by atoms with van der Waals surface area (Å²) in [4.78, 5) is 21.8. The minimum atomic E-state index is -0.524. The molecule has 0 aliphatic rings. The van der Waals surface area contributed by atoms with Crippen LogP contribution in [0.1, 0.15) is 22.8 Å². The molecule has 0 aromatic heterocycles. The second-order valence-electron chi connectivity index (χ2n) is 2.57. The first-order valence-electron chi connectivity index (χ1n) is 3.70. The van der Waals surface area contributed by atoms with E-state index in [1.165, 1.54) is 31.2 Å². The van der Waals surface area contributed by atoms with E-state index >= 15 is 0 Å². The second-order valence-corrected chi connectivity index (χ2v) is 2.57. The Labute approximate surface area is 75.6 Å². The van der Waals surface area contributed by atoms with Crippen LogP contribution in [-0.4, -0.2) is 11.6 Å². The van der Waals surface area contributed by atoms with Gasteiger partial charge in [-0.05, 0) is 24.3 Å². The molecule has 0 spiro atoms. The number of nitrogens with zero attached hydrogens (tertiary/aromatic N) is 1. The molecule has 0 N–H and O–H groups in total. The minimum Gasteiger partial charge on any atom is -0.291 e. The van der Waals surface area contributed by atoms with E-state index in [1.54, 1.807) is 0 Å². The van der Waals surface area contributed by atoms with Gasteiger partial charge < -0.3 is 0 Å². The van der Waals surface area contributed by atoms with Crippen LogP contribution in [0.5, 0.6) is 0 Å². The zero-order valence-corrected chi connectivity index (χ0v) is 7.07. The van der Waals surface area contributed by atoms with Crippen molar-refractivity contribution in [3.63, 3.8) is 0 Å². The maximum atomic E-state index is 11.1. The summed E-state index contributed by atoms with van der Waals surface area (Å²) >= 11 is 0. The largest absolute Gasteiger partial charge is 0.291 e. The number of ketones is 2. The number of hydrogen-bond donors (Lipinski definition) is 0. The Bertz CT molecular complexity index is 384. The van der Waals surface area contributed by atoms with Gasteiger partial charge in [0, 0.05) is 12.5 Å². The summed E-state index contributed by atoms with van der Waals surface area (Å²) in [5, 5.41) is 8.47. The predicted octanol–water partition coefficient (Wildman–Crippen LogP) is 1.33. The molecule has 3 heteroatoms. The lowest BCUT2D eigenvalue weighted by Gasteiger charge is -1.95. The van der Waals surface area contributed by atoms with Gasteiger partial charge in [-0.3, -0.25) is 9.59 Å². The van der Waals surface area contributed by atoms with Gasteiger partial charge in [-0.2, -0.15) is 5.26 Å². The molecule has 0 heterocycles. The molecule has 1 rings (SSSR count). The summed E-state index contributed by atoms with van der Waals surface area (Å²) in [6, 6.07) is 7.90. The van der Waals surface area contributed by atoms with Gasteiger partial charge in [-0.1, -0.05) is 0 Å². The molecular formula is C10H7NO2. The molecule has 1 aromatic carbocycles. The van der Waals surface area contributed by atoms with E-state index in [4.69, 9.17) is 5.26 Å². The maximum absolute atomic E-state index is 11.1. The Kier molecular flexibility index (Phi) is 2.56. The first-order chi connectivity index (χ1) is 6.15. The van der Waals surface area contributed by atoms with Gasteiger partial charge in [0.15, 0.2) is 5.78 Å². The Morgan fingerprint density at radius 2 is 1.77 bits per heavy atom. The number of nitriles is 1. The molecule has 0 bridgehead atoms. The van der Waals surface area contributed by atoms with Crippen molar-refractivity contribution in [1.29, 1.82) is 5.26 Å². The zero-order chi connectivity index (χ0) is 9.84. The molecule has 0 unspecified atom stereocenters. The number of rotatable bonds is 2. The Hall–Kier alpha value is -1.95. The van der Waals surface area contributed by atoms with Gasteiger partial charge in [0.25, 0.3) is 0 Å². The van der Waals surface area contributed by atoms with Crippen LogP contribution in [0.2, 0.25) is 0 Å². The zero-order valence-electron chi connectivity index (χ0n) is 7.07. The van der Waals surface area contributed by atoms with Gasteiger partial charge in [-0.15, -0.1) is 0 Å². The van der Waals surface area contributed by atoms with E-state index in [0.717, 1.165) is 0 Å². The molecule has 13 heavy (non-hydrogen) atoms. The molecule has 0 aliphatic carbocycles. The van der Waals surface area contributed by atoms with Crippen LogP contribution in [-0.2, 0) is 4.79 Å². The molecule has 64 valence electrons. The summed E-state index contributed by atoms with van der Waals surface area (Å²) in [5.74, 6) is -1.02. The molecule has 0 aliphatic heterocycles. The van der Waals surface area contributed by atoms with Crippen molar-refractivity contribution < 1.29 is 9.59 Å². The Morgan fingerprint density at radius 3 is 2.15 bits per heavy atom. The van der Waals surface area contributed by atoms with Crippen molar-refractivity contribution in [2.45, 2.75) is 6.92 Å². The fraction of sp³-hybridized carbons (Fsp3) is 0.100. The number of Topliss-reactive ketones (excluding diaryl/α,β-unsaturated/α-hetero) is 2. The molecule has 0 radical (unpaired) electrons. The fourth-order valence-corrected chi connectivity index (χ4v) is 0.899. The van der Waals surface area contributed by atoms with Crippen molar-refractivity contribution in [1.82, 2.24) is 0 Å². The highest BCUT2D eigenvalue weighted by atomic mass is 16.2. The topological polar surface area (TPSA) is 57.9 Å². The molecule has 0 saturated heterocycles. The first kappa shape index (κ1) is 9.14. The Morgan fingerprint density at radius 1 is 1.23 bits per heavy atom. The lowest BCUT2D eigenvalue weighted by atomic mass is 10.1. The predicted molar refractivity (Wildman–Crippen MR) is 46.2 cm³/mol. The quantitative estimate of drug-likeness (QED) is 0.500. The van der Waals surface area contributed by atoms with Crippen LogP contribution < -0.4 is 0 Å². The monoisotopic (exact) mass is 173 g/mol. The fourth-order valence-electron chi connectivity index (χ4n) is 0.899. The van der Waals surface area contributed by atoms with E-state index < -0.39 is 11.6 Å². The van der Waals surface area contributed by atoms with Gasteiger partial charge in [-0.25, -0.2) is 0 Å². The van der Waals surface area contributed by atoms with E-state index in [2.05, 4.69) is 0 Å². The summed E-state index contributed by atoms with van der Waals surface area (Å²) in [7, 11) is 0. The SMILES string of the molecule is CC(=O)C(=O)c1ccc(C#N)cc1. The molecule has 0 saturated carbocycles. The molecule has 1 aromatic rings. The van der Waals surface area contributed by atoms with Crippen LogP contribution >= 0.6 is 0 Å². The van der Waals surface area contributed by atoms with Gasteiger partial charge in [0.1, 0.15) is 0 Å². The summed E-state index contributed by atoms with van der Waals surface area (Å²) in [6.07, 6.45) is 0. The van der Waals surface area contributed by atoms with Crippen molar-refractivity contribution in [3.05, 3.63) is 35.4 Å². The van der Waals surface area contributed by atoms with E-state index in [9.17, 15) is 9.59 Å². The van der Waals surface area contributed by atoms with Crippen molar-refractivity contribution in [3.8, 4) is 6.07 Å². The summed E-state index contributed by atoms with van der Waals surface area (Å²) < 4.78 is 0. The highest BCUT2D eigenvalue weighted by molar-refractivity contribution is 6.42. The van der Waals surface area contributed by atoms with Crippen LogP contribution in [0.25, 0.3) is 0 Å². The standard InChI is InChI=1S/C10H7NO2/c1-7(12)10(13)9-4-2-8(6-11)3-5-9/h2-5H,1H3. The van der Waals surface area contributed by atoms with Crippen LogP contribution in [0.4, 0.5) is 0 Å². The van der Waals surface area contributed by atoms with Crippen LogP contribution in [0, 0.1) is 11.3 Å². The minimum absolute atomic E-state index is 0.325. The van der Waals surface area contributed by atoms with E-state index in [0.29, 0.717) is 11.1 Å². The second kappa shape index (κ2) is 3.63. The van der Waals surface area contributed by atoms with Crippen LogP contribution in [0.3, 0.4) is 0 Å². The van der Waals surface area contributed by atoms with Gasteiger partial charge >= 0.3 is 0 Å². The van der Waals surface area contributed by atoms with Crippen molar-refractivity contribution in [2.24, 2.45) is 0 Å². The average Bonchev–Trinajstić information content (AvgIpc) is 2.17. The van der Waals surface area contributed by atoms with Crippen LogP contribution in [0.15, 0.2) is 24.3 Å². The third-order valence-electron chi connectivity index (χ3n) is 1.60. The number of carbonyl (C=O) groups excluding carboxylic acids is 2. The summed E-state index contributed by atoms with van der Waals surface area (Å²) in [6.45, 7) is 1.22. The summed E-state index contributed by atoms with van der Waals surface area (Å²) in [5.41, 5.74) is 0.798. The van der Waals surface area contributed by atoms with Crippen molar-refractivity contribution in [2.75, 3.05) is 0 Å². The van der Waals surface area contributed by atoms with E-state index in [1.807, 2.05) is 6.07 Å². The lowest BCUT2D eigenvalue weighted by Crippen LogP contribution is -2.09. The number of carbonyl (C=O) groups is 2. The molecule has 0 fully saturated rings. The smallest absolute Gasteiger partial charge is 0.228 e. The molecular weight excluding hydrogens is 166 g/mol.